The molecule has 0 saturated carbocycles. The number of halogens is 1. The van der Waals surface area contributed by atoms with Gasteiger partial charge in [-0.1, -0.05) is 37.3 Å². The Balaban J connectivity index is 1.89. The predicted octanol–water partition coefficient (Wildman–Crippen LogP) is 3.95. The molecule has 0 saturated heterocycles. The molecule has 0 radical (unpaired) electrons. The number of ether oxygens (including phenoxy) is 1. The van der Waals surface area contributed by atoms with Crippen molar-refractivity contribution in [1.29, 1.82) is 0 Å². The number of aliphatic hydroxyl groups is 1. The zero-order valence-corrected chi connectivity index (χ0v) is 18.9. The Hall–Kier alpha value is -2.70. The van der Waals surface area contributed by atoms with Crippen LogP contribution in [0.5, 0.6) is 5.75 Å². The SMILES string of the molecule is CCc1ccc(OCC(O)CN(C)C/C(C(C)=NCc2ccccc2F)=C(\C)N)cc1. The Morgan fingerprint density at radius 2 is 1.84 bits per heavy atom. The molecule has 3 N–H and O–H groups in total. The zero-order valence-electron chi connectivity index (χ0n) is 18.9. The fourth-order valence-corrected chi connectivity index (χ4v) is 3.21. The van der Waals surface area contributed by atoms with Crippen LogP contribution in [0.15, 0.2) is 64.8 Å². The smallest absolute Gasteiger partial charge is 0.128 e. The number of likely N-dealkylation sites (N-methyl/N-ethyl adjacent to an activating group) is 1. The highest BCUT2D eigenvalue weighted by Gasteiger charge is 2.14. The summed E-state index contributed by atoms with van der Waals surface area (Å²) in [5, 5.41) is 10.4. The standard InChI is InChI=1S/C25H34FN3O2/c1-5-20-10-12-23(13-11-20)31-17-22(30)15-29(4)16-24(18(2)27)19(3)28-14-21-8-6-7-9-25(21)26/h6-13,22,30H,5,14-17,27H2,1-4H3/b24-18-,28-19?. The molecule has 5 nitrogen and oxygen atoms in total. The van der Waals surface area contributed by atoms with Gasteiger partial charge in [0.25, 0.3) is 0 Å². The fourth-order valence-electron chi connectivity index (χ4n) is 3.21. The van der Waals surface area contributed by atoms with Crippen molar-refractivity contribution in [3.05, 3.63) is 76.7 Å². The molecule has 0 aliphatic rings. The molecule has 1 unspecified atom stereocenters. The van der Waals surface area contributed by atoms with E-state index in [-0.39, 0.29) is 19.0 Å². The van der Waals surface area contributed by atoms with Crippen molar-refractivity contribution in [3.8, 4) is 5.75 Å². The predicted molar refractivity (Wildman–Crippen MR) is 125 cm³/mol. The van der Waals surface area contributed by atoms with Gasteiger partial charge in [0, 0.05) is 35.6 Å². The van der Waals surface area contributed by atoms with Crippen molar-refractivity contribution in [2.24, 2.45) is 10.7 Å². The van der Waals surface area contributed by atoms with Crippen molar-refractivity contribution < 1.29 is 14.2 Å². The van der Waals surface area contributed by atoms with E-state index in [1.54, 1.807) is 18.2 Å². The number of aliphatic imine (C=N–C) groups is 1. The zero-order chi connectivity index (χ0) is 22.8. The van der Waals surface area contributed by atoms with Gasteiger partial charge in [-0.25, -0.2) is 4.39 Å². The van der Waals surface area contributed by atoms with Crippen LogP contribution in [0.4, 0.5) is 4.39 Å². The summed E-state index contributed by atoms with van der Waals surface area (Å²) in [6.45, 7) is 7.21. The molecule has 6 heteroatoms. The first kappa shape index (κ1) is 24.6. The monoisotopic (exact) mass is 427 g/mol. The molecule has 2 rings (SSSR count). The van der Waals surface area contributed by atoms with E-state index >= 15 is 0 Å². The molecule has 0 aliphatic heterocycles. The van der Waals surface area contributed by atoms with Gasteiger partial charge in [0.05, 0.1) is 6.54 Å². The molecule has 0 aromatic heterocycles. The van der Waals surface area contributed by atoms with Crippen LogP contribution in [0, 0.1) is 5.82 Å². The first-order valence-corrected chi connectivity index (χ1v) is 10.6. The Morgan fingerprint density at radius 3 is 2.45 bits per heavy atom. The minimum Gasteiger partial charge on any atom is -0.491 e. The van der Waals surface area contributed by atoms with Gasteiger partial charge in [0.1, 0.15) is 24.3 Å². The third-order valence-electron chi connectivity index (χ3n) is 5.08. The second kappa shape index (κ2) is 12.2. The van der Waals surface area contributed by atoms with Crippen molar-refractivity contribution >= 4 is 5.71 Å². The van der Waals surface area contributed by atoms with E-state index in [9.17, 15) is 9.50 Å². The number of benzene rings is 2. The molecule has 0 amide bonds. The highest BCUT2D eigenvalue weighted by molar-refractivity contribution is 5.99. The maximum Gasteiger partial charge on any atom is 0.128 e. The average Bonchev–Trinajstić information content (AvgIpc) is 2.75. The van der Waals surface area contributed by atoms with Gasteiger partial charge in [-0.2, -0.15) is 0 Å². The molecule has 0 fully saturated rings. The van der Waals surface area contributed by atoms with E-state index in [1.165, 1.54) is 11.6 Å². The van der Waals surface area contributed by atoms with Crippen LogP contribution < -0.4 is 10.5 Å². The number of aryl methyl sites for hydroxylation is 1. The fraction of sp³-hybridized carbons (Fsp3) is 0.400. The lowest BCUT2D eigenvalue weighted by atomic mass is 10.1. The largest absolute Gasteiger partial charge is 0.491 e. The molecule has 0 bridgehead atoms. The molecule has 2 aromatic carbocycles. The van der Waals surface area contributed by atoms with Gasteiger partial charge < -0.3 is 15.6 Å². The maximum absolute atomic E-state index is 13.8. The van der Waals surface area contributed by atoms with Gasteiger partial charge >= 0.3 is 0 Å². The van der Waals surface area contributed by atoms with Crippen LogP contribution in [0.3, 0.4) is 0 Å². The minimum atomic E-state index is -0.647. The van der Waals surface area contributed by atoms with Crippen molar-refractivity contribution in [2.45, 2.75) is 39.8 Å². The van der Waals surface area contributed by atoms with Crippen LogP contribution in [0.2, 0.25) is 0 Å². The van der Waals surface area contributed by atoms with Crippen molar-refractivity contribution in [2.75, 3.05) is 26.7 Å². The molecular weight excluding hydrogens is 393 g/mol. The topological polar surface area (TPSA) is 71.1 Å². The number of hydrogen-bond acceptors (Lipinski definition) is 5. The summed E-state index contributed by atoms with van der Waals surface area (Å²) in [4.78, 5) is 6.50. The van der Waals surface area contributed by atoms with E-state index < -0.39 is 6.10 Å². The second-order valence-corrected chi connectivity index (χ2v) is 7.81. The lowest BCUT2D eigenvalue weighted by Crippen LogP contribution is -2.35. The average molecular weight is 428 g/mol. The first-order chi connectivity index (χ1) is 14.8. The first-order valence-electron chi connectivity index (χ1n) is 10.6. The summed E-state index contributed by atoms with van der Waals surface area (Å²) in [6, 6.07) is 14.5. The highest BCUT2D eigenvalue weighted by Crippen LogP contribution is 2.14. The molecule has 0 heterocycles. The second-order valence-electron chi connectivity index (χ2n) is 7.81. The van der Waals surface area contributed by atoms with Crippen LogP contribution in [0.1, 0.15) is 31.9 Å². The molecule has 2 aromatic rings. The number of nitrogens with two attached hydrogens (primary N) is 1. The highest BCUT2D eigenvalue weighted by atomic mass is 19.1. The van der Waals surface area contributed by atoms with Gasteiger partial charge in [-0.3, -0.25) is 9.89 Å². The summed E-state index contributed by atoms with van der Waals surface area (Å²) < 4.78 is 19.5. The van der Waals surface area contributed by atoms with E-state index in [0.29, 0.717) is 24.4 Å². The molecule has 31 heavy (non-hydrogen) atoms. The van der Waals surface area contributed by atoms with Gasteiger partial charge in [-0.15, -0.1) is 0 Å². The molecule has 0 aliphatic carbocycles. The van der Waals surface area contributed by atoms with Crippen LogP contribution in [-0.4, -0.2) is 48.6 Å². The number of rotatable bonds is 11. The van der Waals surface area contributed by atoms with E-state index in [4.69, 9.17) is 10.5 Å². The van der Waals surface area contributed by atoms with Crippen LogP contribution >= 0.6 is 0 Å². The Morgan fingerprint density at radius 1 is 1.16 bits per heavy atom. The summed E-state index contributed by atoms with van der Waals surface area (Å²) in [5.41, 5.74) is 10.2. The summed E-state index contributed by atoms with van der Waals surface area (Å²) >= 11 is 0. The lowest BCUT2D eigenvalue weighted by molar-refractivity contribution is 0.0791. The summed E-state index contributed by atoms with van der Waals surface area (Å²) in [6.07, 6.45) is 0.332. The quantitative estimate of drug-likeness (QED) is 0.533. The number of hydrogen-bond donors (Lipinski definition) is 2. The Bertz CT molecular complexity index is 890. The van der Waals surface area contributed by atoms with Gasteiger partial charge in [-0.05, 0) is 51.1 Å². The number of aliphatic hydroxyl groups excluding tert-OH is 1. The molecule has 168 valence electrons. The van der Waals surface area contributed by atoms with Crippen LogP contribution in [-0.2, 0) is 13.0 Å². The normalized spacial score (nSPS) is 13.8. The van der Waals surface area contributed by atoms with E-state index in [1.807, 2.05) is 50.1 Å². The summed E-state index contributed by atoms with van der Waals surface area (Å²) in [5.74, 6) is 0.479. The van der Waals surface area contributed by atoms with E-state index in [0.717, 1.165) is 23.5 Å². The van der Waals surface area contributed by atoms with Gasteiger partial charge in [0.15, 0.2) is 0 Å². The minimum absolute atomic E-state index is 0.205. The molecule has 1 atom stereocenters. The Kier molecular flexibility index (Phi) is 9.69. The number of allylic oxidation sites excluding steroid dienone is 1. The van der Waals surface area contributed by atoms with Crippen molar-refractivity contribution in [3.63, 3.8) is 0 Å². The third kappa shape index (κ3) is 8.15. The van der Waals surface area contributed by atoms with E-state index in [2.05, 4.69) is 11.9 Å². The van der Waals surface area contributed by atoms with Crippen molar-refractivity contribution in [1.82, 2.24) is 4.90 Å². The lowest BCUT2D eigenvalue weighted by Gasteiger charge is -2.23. The number of nitrogens with zero attached hydrogens (tertiary/aromatic N) is 2. The third-order valence-corrected chi connectivity index (χ3v) is 5.08. The molecular formula is C25H34FN3O2. The Labute approximate surface area is 185 Å². The maximum atomic E-state index is 13.8. The van der Waals surface area contributed by atoms with Gasteiger partial charge in [0.2, 0.25) is 0 Å². The van der Waals surface area contributed by atoms with Crippen LogP contribution in [0.25, 0.3) is 0 Å². The molecule has 0 spiro atoms. The summed E-state index contributed by atoms with van der Waals surface area (Å²) in [7, 11) is 1.91.